The molecular formula is C14H16ClNO3. The number of anilines is 1. The summed E-state index contributed by atoms with van der Waals surface area (Å²) in [6.07, 6.45) is 0.177. The van der Waals surface area contributed by atoms with Crippen molar-refractivity contribution in [3.63, 3.8) is 0 Å². The van der Waals surface area contributed by atoms with Crippen molar-refractivity contribution in [3.8, 4) is 0 Å². The first-order chi connectivity index (χ1) is 8.93. The molecule has 1 aliphatic heterocycles. The summed E-state index contributed by atoms with van der Waals surface area (Å²) in [5, 5.41) is 0.530. The van der Waals surface area contributed by atoms with Crippen molar-refractivity contribution in [1.82, 2.24) is 0 Å². The molecule has 1 saturated heterocycles. The second-order valence-electron chi connectivity index (χ2n) is 4.82. The normalized spacial score (nSPS) is 18.8. The number of benzene rings is 1. The van der Waals surface area contributed by atoms with Gasteiger partial charge in [-0.05, 0) is 37.1 Å². The van der Waals surface area contributed by atoms with Crippen LogP contribution in [0.5, 0.6) is 0 Å². The van der Waals surface area contributed by atoms with Crippen LogP contribution >= 0.6 is 11.6 Å². The third-order valence-corrected chi connectivity index (χ3v) is 3.82. The number of methoxy groups -OCH3 is 1. The van der Waals surface area contributed by atoms with Gasteiger partial charge in [0.25, 0.3) is 0 Å². The Hall–Kier alpha value is -1.55. The molecule has 0 N–H and O–H groups in total. The molecule has 1 fully saturated rings. The van der Waals surface area contributed by atoms with Gasteiger partial charge in [-0.1, -0.05) is 11.6 Å². The van der Waals surface area contributed by atoms with E-state index < -0.39 is 5.92 Å². The minimum Gasteiger partial charge on any atom is -0.469 e. The second kappa shape index (κ2) is 5.21. The topological polar surface area (TPSA) is 46.6 Å². The Morgan fingerprint density at radius 1 is 1.37 bits per heavy atom. The first-order valence-corrected chi connectivity index (χ1v) is 6.46. The number of halogens is 1. The number of esters is 1. The van der Waals surface area contributed by atoms with Crippen LogP contribution in [0, 0.1) is 19.8 Å². The molecule has 102 valence electrons. The number of ether oxygens (including phenoxy) is 1. The van der Waals surface area contributed by atoms with Gasteiger partial charge in [-0.2, -0.15) is 0 Å². The van der Waals surface area contributed by atoms with E-state index in [0.717, 1.165) is 11.1 Å². The fourth-order valence-corrected chi connectivity index (χ4v) is 2.56. The van der Waals surface area contributed by atoms with E-state index in [9.17, 15) is 9.59 Å². The van der Waals surface area contributed by atoms with Crippen molar-refractivity contribution in [2.45, 2.75) is 20.3 Å². The Labute approximate surface area is 117 Å². The van der Waals surface area contributed by atoms with Crippen LogP contribution in [-0.2, 0) is 14.3 Å². The van der Waals surface area contributed by atoms with Crippen LogP contribution in [0.2, 0.25) is 5.02 Å². The lowest BCUT2D eigenvalue weighted by Gasteiger charge is -2.19. The Balaban J connectivity index is 2.30. The molecule has 0 radical (unpaired) electrons. The summed E-state index contributed by atoms with van der Waals surface area (Å²) in [4.78, 5) is 25.1. The molecule has 0 bridgehead atoms. The molecule has 1 aliphatic rings. The molecule has 1 aromatic rings. The predicted octanol–water partition coefficient (Wildman–Crippen LogP) is 2.48. The van der Waals surface area contributed by atoms with E-state index in [1.165, 1.54) is 7.11 Å². The lowest BCUT2D eigenvalue weighted by atomic mass is 10.1. The summed E-state index contributed by atoms with van der Waals surface area (Å²) >= 11 is 6.20. The molecule has 19 heavy (non-hydrogen) atoms. The third kappa shape index (κ3) is 2.59. The van der Waals surface area contributed by atoms with Gasteiger partial charge in [0.2, 0.25) is 5.91 Å². The molecule has 0 aromatic heterocycles. The maximum Gasteiger partial charge on any atom is 0.311 e. The van der Waals surface area contributed by atoms with Gasteiger partial charge >= 0.3 is 5.97 Å². The highest BCUT2D eigenvalue weighted by atomic mass is 35.5. The molecule has 1 atom stereocenters. The fraction of sp³-hybridized carbons (Fsp3) is 0.429. The van der Waals surface area contributed by atoms with Crippen molar-refractivity contribution in [2.24, 2.45) is 5.92 Å². The summed E-state index contributed by atoms with van der Waals surface area (Å²) in [7, 11) is 1.33. The van der Waals surface area contributed by atoms with E-state index in [-0.39, 0.29) is 18.3 Å². The average molecular weight is 282 g/mol. The highest BCUT2D eigenvalue weighted by molar-refractivity contribution is 6.34. The second-order valence-corrected chi connectivity index (χ2v) is 5.22. The molecular weight excluding hydrogens is 266 g/mol. The van der Waals surface area contributed by atoms with Gasteiger partial charge in [0.1, 0.15) is 0 Å². The number of carbonyl (C=O) groups is 2. The summed E-state index contributed by atoms with van der Waals surface area (Å²) in [5.74, 6) is -0.855. The van der Waals surface area contributed by atoms with Gasteiger partial charge in [-0.15, -0.1) is 0 Å². The number of carbonyl (C=O) groups excluding carboxylic acids is 2. The molecule has 0 aliphatic carbocycles. The summed E-state index contributed by atoms with van der Waals surface area (Å²) in [6, 6.07) is 3.72. The number of hydrogen-bond acceptors (Lipinski definition) is 3. The molecule has 1 unspecified atom stereocenters. The number of hydrogen-bond donors (Lipinski definition) is 0. The average Bonchev–Trinajstić information content (AvgIpc) is 2.75. The lowest BCUT2D eigenvalue weighted by molar-refractivity contribution is -0.145. The van der Waals surface area contributed by atoms with Crippen LogP contribution in [0.4, 0.5) is 5.69 Å². The Morgan fingerprint density at radius 3 is 2.63 bits per heavy atom. The largest absolute Gasteiger partial charge is 0.469 e. The van der Waals surface area contributed by atoms with Crippen molar-refractivity contribution in [1.29, 1.82) is 0 Å². The molecule has 1 amide bonds. The van der Waals surface area contributed by atoms with E-state index in [0.29, 0.717) is 17.3 Å². The standard InChI is InChI=1S/C14H16ClNO3/c1-8-4-11(15)12(5-9(8)2)16-7-10(6-13(16)17)14(18)19-3/h4-5,10H,6-7H2,1-3H3. The lowest BCUT2D eigenvalue weighted by Crippen LogP contribution is -2.26. The van der Waals surface area contributed by atoms with Gasteiger partial charge in [-0.25, -0.2) is 0 Å². The predicted molar refractivity (Wildman–Crippen MR) is 73.4 cm³/mol. The van der Waals surface area contributed by atoms with E-state index in [2.05, 4.69) is 4.74 Å². The van der Waals surface area contributed by atoms with Gasteiger partial charge in [-0.3, -0.25) is 9.59 Å². The van der Waals surface area contributed by atoms with Crippen LogP contribution < -0.4 is 4.90 Å². The SMILES string of the molecule is COC(=O)C1CC(=O)N(c2cc(C)c(C)cc2Cl)C1. The monoisotopic (exact) mass is 281 g/mol. The molecule has 1 aromatic carbocycles. The number of rotatable bonds is 2. The minimum absolute atomic E-state index is 0.0967. The third-order valence-electron chi connectivity index (χ3n) is 3.51. The Morgan fingerprint density at radius 2 is 2.00 bits per heavy atom. The van der Waals surface area contributed by atoms with Crippen molar-refractivity contribution in [2.75, 3.05) is 18.6 Å². The van der Waals surface area contributed by atoms with Crippen LogP contribution in [0.1, 0.15) is 17.5 Å². The quantitative estimate of drug-likeness (QED) is 0.783. The van der Waals surface area contributed by atoms with Crippen molar-refractivity contribution in [3.05, 3.63) is 28.3 Å². The van der Waals surface area contributed by atoms with Gasteiger partial charge in [0.05, 0.1) is 23.7 Å². The number of aryl methyl sites for hydroxylation is 2. The van der Waals surface area contributed by atoms with Gasteiger partial charge in [0.15, 0.2) is 0 Å². The van der Waals surface area contributed by atoms with Crippen molar-refractivity contribution < 1.29 is 14.3 Å². The molecule has 1 heterocycles. The highest BCUT2D eigenvalue weighted by Gasteiger charge is 2.36. The van der Waals surface area contributed by atoms with E-state index in [1.807, 2.05) is 26.0 Å². The summed E-state index contributed by atoms with van der Waals surface area (Å²) < 4.78 is 4.69. The van der Waals surface area contributed by atoms with E-state index in [1.54, 1.807) is 4.90 Å². The molecule has 5 heteroatoms. The van der Waals surface area contributed by atoms with Crippen molar-refractivity contribution >= 4 is 29.2 Å². The highest BCUT2D eigenvalue weighted by Crippen LogP contribution is 2.33. The number of amides is 1. The van der Waals surface area contributed by atoms with Crippen LogP contribution in [0.25, 0.3) is 0 Å². The zero-order valence-corrected chi connectivity index (χ0v) is 12.0. The molecule has 0 saturated carbocycles. The summed E-state index contributed by atoms with van der Waals surface area (Å²) in [5.41, 5.74) is 2.81. The maximum atomic E-state index is 12.0. The maximum absolute atomic E-state index is 12.0. The first-order valence-electron chi connectivity index (χ1n) is 6.09. The minimum atomic E-state index is -0.407. The van der Waals surface area contributed by atoms with Crippen LogP contribution in [0.15, 0.2) is 12.1 Å². The van der Waals surface area contributed by atoms with Gasteiger partial charge < -0.3 is 9.64 Å². The number of nitrogens with zero attached hydrogens (tertiary/aromatic N) is 1. The molecule has 0 spiro atoms. The van der Waals surface area contributed by atoms with E-state index in [4.69, 9.17) is 11.6 Å². The fourth-order valence-electron chi connectivity index (χ4n) is 2.24. The Bertz CT molecular complexity index is 542. The van der Waals surface area contributed by atoms with Crippen LogP contribution in [0.3, 0.4) is 0 Å². The zero-order chi connectivity index (χ0) is 14.2. The Kier molecular flexibility index (Phi) is 3.80. The van der Waals surface area contributed by atoms with Gasteiger partial charge in [0, 0.05) is 13.0 Å². The van der Waals surface area contributed by atoms with Crippen LogP contribution in [-0.4, -0.2) is 25.5 Å². The summed E-state index contributed by atoms with van der Waals surface area (Å²) in [6.45, 7) is 4.26. The molecule has 2 rings (SSSR count). The zero-order valence-electron chi connectivity index (χ0n) is 11.2. The molecule has 4 nitrogen and oxygen atoms in total. The van der Waals surface area contributed by atoms with E-state index >= 15 is 0 Å². The smallest absolute Gasteiger partial charge is 0.311 e. The first kappa shape index (κ1) is 13.9.